The second-order valence-corrected chi connectivity index (χ2v) is 6.87. The summed E-state index contributed by atoms with van der Waals surface area (Å²) in [5.74, 6) is 0. The summed E-state index contributed by atoms with van der Waals surface area (Å²) in [6.45, 7) is 4.44. The van der Waals surface area contributed by atoms with Crippen molar-refractivity contribution in [2.24, 2.45) is 0 Å². The van der Waals surface area contributed by atoms with Crippen LogP contribution in [0.2, 0.25) is 5.02 Å². The van der Waals surface area contributed by atoms with Crippen molar-refractivity contribution in [2.45, 2.75) is 25.6 Å². The van der Waals surface area contributed by atoms with E-state index in [0.29, 0.717) is 18.2 Å². The Kier molecular flexibility index (Phi) is 4.27. The average Bonchev–Trinajstić information content (AvgIpc) is 2.80. The quantitative estimate of drug-likeness (QED) is 0.919. The van der Waals surface area contributed by atoms with E-state index in [4.69, 9.17) is 16.3 Å². The van der Waals surface area contributed by atoms with Gasteiger partial charge in [-0.3, -0.25) is 9.88 Å². The third-order valence-corrected chi connectivity index (χ3v) is 4.59. The smallest absolute Gasteiger partial charge is 0.409 e. The summed E-state index contributed by atoms with van der Waals surface area (Å²) in [5.41, 5.74) is 0.974. The molecular weight excluding hydrogens is 330 g/mol. The maximum Gasteiger partial charge on any atom is 0.409 e. The molecule has 1 aromatic carbocycles. The van der Waals surface area contributed by atoms with Gasteiger partial charge in [0.1, 0.15) is 5.72 Å². The van der Waals surface area contributed by atoms with Crippen LogP contribution in [0.25, 0.3) is 10.9 Å². The zero-order valence-electron chi connectivity index (χ0n) is 13.9. The molecule has 24 heavy (non-hydrogen) atoms. The molecule has 1 saturated heterocycles. The molecule has 0 aliphatic carbocycles. The van der Waals surface area contributed by atoms with Crippen LogP contribution in [0, 0.1) is 0 Å². The van der Waals surface area contributed by atoms with Crippen molar-refractivity contribution in [2.75, 3.05) is 25.1 Å². The number of pyridine rings is 1. The van der Waals surface area contributed by atoms with Crippen LogP contribution < -0.4 is 4.90 Å². The van der Waals surface area contributed by atoms with E-state index in [1.807, 2.05) is 36.2 Å². The number of likely N-dealkylation sites (N-methyl/N-ethyl adjacent to an activating group) is 1. The molecular formula is C17H20ClN3O3. The third-order valence-electron chi connectivity index (χ3n) is 4.36. The topological polar surface area (TPSA) is 65.9 Å². The first-order valence-corrected chi connectivity index (χ1v) is 8.09. The number of fused-ring (bicyclic) bond motifs is 1. The lowest BCUT2D eigenvalue weighted by atomic mass is 10.1. The maximum atomic E-state index is 11.6. The number of benzene rings is 1. The van der Waals surface area contributed by atoms with E-state index in [9.17, 15) is 9.90 Å². The number of rotatable bonds is 3. The van der Waals surface area contributed by atoms with Gasteiger partial charge in [-0.05, 0) is 38.1 Å². The number of halogens is 1. The Labute approximate surface area is 145 Å². The molecule has 1 aliphatic heterocycles. The highest BCUT2D eigenvalue weighted by atomic mass is 35.5. The van der Waals surface area contributed by atoms with Gasteiger partial charge in [0, 0.05) is 35.9 Å². The molecule has 1 fully saturated rings. The molecule has 2 heterocycles. The molecule has 1 aliphatic rings. The largest absolute Gasteiger partial charge is 0.465 e. The molecule has 6 nitrogen and oxygen atoms in total. The number of hydrogen-bond acceptors (Lipinski definition) is 4. The molecule has 0 unspecified atom stereocenters. The second kappa shape index (κ2) is 6.11. The molecule has 7 heteroatoms. The van der Waals surface area contributed by atoms with Gasteiger partial charge in [0.15, 0.2) is 0 Å². The van der Waals surface area contributed by atoms with Gasteiger partial charge in [-0.2, -0.15) is 0 Å². The van der Waals surface area contributed by atoms with Crippen LogP contribution in [0.5, 0.6) is 0 Å². The zero-order valence-corrected chi connectivity index (χ0v) is 14.6. The normalized spacial score (nSPS) is 19.7. The molecule has 0 spiro atoms. The third kappa shape index (κ3) is 2.99. The number of ether oxygens (including phenoxy) is 1. The van der Waals surface area contributed by atoms with Gasteiger partial charge in [0.25, 0.3) is 0 Å². The predicted octanol–water partition coefficient (Wildman–Crippen LogP) is 3.44. The number of carboxylic acid groups (broad SMARTS) is 1. The van der Waals surface area contributed by atoms with Crippen molar-refractivity contribution in [3.63, 3.8) is 0 Å². The standard InChI is InChI=1S/C17H20ClN3O3/c1-17(2)21(16(22)23)12(10-24-17)9-20(3)15-6-7-19-14-8-11(18)4-5-13(14)15/h4-8,12H,9-10H2,1-3H3,(H,22,23)/t12-/m1/s1. The molecule has 0 bridgehead atoms. The fourth-order valence-corrected chi connectivity index (χ4v) is 3.42. The van der Waals surface area contributed by atoms with Gasteiger partial charge in [0.05, 0.1) is 18.2 Å². The van der Waals surface area contributed by atoms with Crippen molar-refractivity contribution in [3.8, 4) is 0 Å². The Bertz CT molecular complexity index is 781. The zero-order chi connectivity index (χ0) is 17.5. The van der Waals surface area contributed by atoms with E-state index in [-0.39, 0.29) is 6.04 Å². The summed E-state index contributed by atoms with van der Waals surface area (Å²) < 4.78 is 5.66. The minimum absolute atomic E-state index is 0.238. The van der Waals surface area contributed by atoms with Gasteiger partial charge in [-0.25, -0.2) is 4.79 Å². The van der Waals surface area contributed by atoms with Crippen LogP contribution in [0.15, 0.2) is 30.5 Å². The highest BCUT2D eigenvalue weighted by Crippen LogP contribution is 2.31. The SMILES string of the molecule is CN(C[C@@H]1COC(C)(C)N1C(=O)O)c1ccnc2cc(Cl)ccc12. The lowest BCUT2D eigenvalue weighted by Crippen LogP contribution is -2.50. The minimum Gasteiger partial charge on any atom is -0.465 e. The molecule has 1 aromatic heterocycles. The van der Waals surface area contributed by atoms with Crippen LogP contribution in [-0.4, -0.2) is 53.0 Å². The number of anilines is 1. The Balaban J connectivity index is 1.88. The van der Waals surface area contributed by atoms with E-state index in [2.05, 4.69) is 4.98 Å². The Morgan fingerprint density at radius 3 is 2.96 bits per heavy atom. The highest BCUT2D eigenvalue weighted by molar-refractivity contribution is 6.31. The fraction of sp³-hybridized carbons (Fsp3) is 0.412. The van der Waals surface area contributed by atoms with Crippen LogP contribution in [0.1, 0.15) is 13.8 Å². The van der Waals surface area contributed by atoms with Crippen molar-refractivity contribution in [1.29, 1.82) is 0 Å². The summed E-state index contributed by atoms with van der Waals surface area (Å²) in [6.07, 6.45) is 0.761. The van der Waals surface area contributed by atoms with E-state index in [1.165, 1.54) is 4.90 Å². The van der Waals surface area contributed by atoms with Crippen LogP contribution in [0.3, 0.4) is 0 Å². The molecule has 128 valence electrons. The van der Waals surface area contributed by atoms with Crippen LogP contribution >= 0.6 is 11.6 Å². The fourth-order valence-electron chi connectivity index (χ4n) is 3.26. The summed E-state index contributed by atoms with van der Waals surface area (Å²) in [5, 5.41) is 11.1. The monoisotopic (exact) mass is 349 g/mol. The molecule has 1 N–H and O–H groups in total. The van der Waals surface area contributed by atoms with Crippen molar-refractivity contribution >= 4 is 34.3 Å². The number of aromatic nitrogens is 1. The van der Waals surface area contributed by atoms with Gasteiger partial charge < -0.3 is 14.7 Å². The highest BCUT2D eigenvalue weighted by Gasteiger charge is 2.44. The molecule has 3 rings (SSSR count). The summed E-state index contributed by atoms with van der Waals surface area (Å²) in [4.78, 5) is 19.4. The lowest BCUT2D eigenvalue weighted by molar-refractivity contribution is -0.0417. The van der Waals surface area contributed by atoms with Gasteiger partial charge in [-0.1, -0.05) is 11.6 Å². The number of hydrogen-bond donors (Lipinski definition) is 1. The molecule has 1 amide bonds. The predicted molar refractivity (Wildman–Crippen MR) is 93.7 cm³/mol. The van der Waals surface area contributed by atoms with Crippen molar-refractivity contribution in [1.82, 2.24) is 9.88 Å². The summed E-state index contributed by atoms with van der Waals surface area (Å²) in [6, 6.07) is 7.26. The Morgan fingerprint density at radius 2 is 2.25 bits per heavy atom. The number of nitrogens with zero attached hydrogens (tertiary/aromatic N) is 3. The Morgan fingerprint density at radius 1 is 1.50 bits per heavy atom. The molecule has 2 aromatic rings. The number of carbonyl (C=O) groups is 1. The second-order valence-electron chi connectivity index (χ2n) is 6.44. The first kappa shape index (κ1) is 16.8. The lowest BCUT2D eigenvalue weighted by Gasteiger charge is -2.33. The molecule has 1 atom stereocenters. The van der Waals surface area contributed by atoms with E-state index >= 15 is 0 Å². The molecule has 0 saturated carbocycles. The minimum atomic E-state index is -0.970. The molecule has 0 radical (unpaired) electrons. The Hall–Kier alpha value is -2.05. The summed E-state index contributed by atoms with van der Waals surface area (Å²) >= 11 is 6.03. The van der Waals surface area contributed by atoms with Crippen molar-refractivity contribution < 1.29 is 14.6 Å². The van der Waals surface area contributed by atoms with E-state index in [1.54, 1.807) is 20.0 Å². The number of amides is 1. The summed E-state index contributed by atoms with van der Waals surface area (Å²) in [7, 11) is 1.94. The average molecular weight is 350 g/mol. The van der Waals surface area contributed by atoms with Crippen LogP contribution in [0.4, 0.5) is 10.5 Å². The maximum absolute atomic E-state index is 11.6. The first-order chi connectivity index (χ1) is 11.3. The van der Waals surface area contributed by atoms with Crippen molar-refractivity contribution in [3.05, 3.63) is 35.5 Å². The first-order valence-electron chi connectivity index (χ1n) is 7.71. The van der Waals surface area contributed by atoms with E-state index in [0.717, 1.165) is 16.6 Å². The van der Waals surface area contributed by atoms with Gasteiger partial charge in [-0.15, -0.1) is 0 Å². The van der Waals surface area contributed by atoms with Crippen LogP contribution in [-0.2, 0) is 4.74 Å². The van der Waals surface area contributed by atoms with Gasteiger partial charge in [0.2, 0.25) is 0 Å². The van der Waals surface area contributed by atoms with Gasteiger partial charge >= 0.3 is 6.09 Å². The van der Waals surface area contributed by atoms with E-state index < -0.39 is 11.8 Å².